The van der Waals surface area contributed by atoms with Crippen LogP contribution in [0.5, 0.6) is 11.5 Å². The van der Waals surface area contributed by atoms with Gasteiger partial charge in [0.15, 0.2) is 0 Å². The Bertz CT molecular complexity index is 1170. The number of hydrazone groups is 1. The van der Waals surface area contributed by atoms with Gasteiger partial charge in [0, 0.05) is 27.6 Å². The molecule has 0 heterocycles. The second-order valence-electron chi connectivity index (χ2n) is 7.35. The number of thioether (sulfide) groups is 1. The molecule has 2 N–H and O–H groups in total. The summed E-state index contributed by atoms with van der Waals surface area (Å²) in [5, 5.41) is 6.90. The van der Waals surface area contributed by atoms with Gasteiger partial charge in [-0.3, -0.25) is 9.59 Å². The van der Waals surface area contributed by atoms with Crippen molar-refractivity contribution in [2.75, 3.05) is 20.0 Å². The van der Waals surface area contributed by atoms with Crippen LogP contribution >= 0.6 is 27.7 Å². The van der Waals surface area contributed by atoms with Gasteiger partial charge in [0.2, 0.25) is 0 Å². The molecule has 0 aliphatic heterocycles. The number of carbonyl (C=O) groups excluding carboxylic acids is 2. The Morgan fingerprint density at radius 3 is 2.49 bits per heavy atom. The van der Waals surface area contributed by atoms with Crippen LogP contribution in [-0.4, -0.2) is 44.0 Å². The number of carbonyl (C=O) groups is 2. The molecule has 0 saturated heterocycles. The molecule has 0 spiro atoms. The molecule has 0 bridgehead atoms. The summed E-state index contributed by atoms with van der Waals surface area (Å²) in [6.07, 6.45) is 1.49. The van der Waals surface area contributed by atoms with E-state index in [1.165, 1.54) is 6.21 Å². The zero-order valence-electron chi connectivity index (χ0n) is 19.4. The lowest BCUT2D eigenvalue weighted by molar-refractivity contribution is -0.122. The van der Waals surface area contributed by atoms with Crippen LogP contribution in [0.15, 0.2) is 82.4 Å². The fourth-order valence-corrected chi connectivity index (χ4v) is 4.58. The van der Waals surface area contributed by atoms with Crippen molar-refractivity contribution in [3.8, 4) is 11.5 Å². The molecule has 1 atom stereocenters. The van der Waals surface area contributed by atoms with Crippen molar-refractivity contribution in [2.24, 2.45) is 5.10 Å². The van der Waals surface area contributed by atoms with Gasteiger partial charge in [-0.15, -0.1) is 0 Å². The third-order valence-corrected chi connectivity index (χ3v) is 6.75. The molecule has 0 saturated carbocycles. The Balaban J connectivity index is 1.69. The number of nitrogens with one attached hydrogen (secondary N) is 2. The van der Waals surface area contributed by atoms with Crippen LogP contribution in [0, 0.1) is 0 Å². The number of ether oxygens (including phenoxy) is 2. The second-order valence-corrected chi connectivity index (χ2v) is 9.23. The standard InChI is InChI=1S/C26H26BrN3O4S/c1-33-20-13-12-19(24(14-20)34-2)15-28-30-26(32)23(17-35-16-18-8-4-3-5-9-18)29-25(31)21-10-6-7-11-22(21)27/h3-15,23H,16-17H2,1-2H3,(H,29,31)(H,30,32)/b28-15-/t23-/m0/s1. The maximum absolute atomic E-state index is 13.0. The minimum Gasteiger partial charge on any atom is -0.497 e. The smallest absolute Gasteiger partial charge is 0.263 e. The molecule has 3 aromatic rings. The van der Waals surface area contributed by atoms with E-state index in [4.69, 9.17) is 9.47 Å². The average Bonchev–Trinajstić information content (AvgIpc) is 2.88. The summed E-state index contributed by atoms with van der Waals surface area (Å²) in [6.45, 7) is 0. The zero-order chi connectivity index (χ0) is 25.0. The molecule has 0 aliphatic rings. The molecule has 2 amide bonds. The number of amides is 2. The first kappa shape index (κ1) is 26.3. The fourth-order valence-electron chi connectivity index (χ4n) is 3.10. The highest BCUT2D eigenvalue weighted by Crippen LogP contribution is 2.23. The lowest BCUT2D eigenvalue weighted by Gasteiger charge is -2.17. The number of benzene rings is 3. The summed E-state index contributed by atoms with van der Waals surface area (Å²) >= 11 is 4.94. The van der Waals surface area contributed by atoms with E-state index in [9.17, 15) is 9.59 Å². The predicted octanol–water partition coefficient (Wildman–Crippen LogP) is 4.65. The minimum atomic E-state index is -0.793. The second kappa shape index (κ2) is 13.6. The van der Waals surface area contributed by atoms with Gasteiger partial charge < -0.3 is 14.8 Å². The van der Waals surface area contributed by atoms with Crippen molar-refractivity contribution in [2.45, 2.75) is 11.8 Å². The van der Waals surface area contributed by atoms with Crippen molar-refractivity contribution >= 4 is 45.7 Å². The molecule has 7 nitrogen and oxygen atoms in total. The van der Waals surface area contributed by atoms with Gasteiger partial charge >= 0.3 is 0 Å². The van der Waals surface area contributed by atoms with Gasteiger partial charge in [-0.05, 0) is 45.8 Å². The van der Waals surface area contributed by atoms with Crippen LogP contribution < -0.4 is 20.2 Å². The van der Waals surface area contributed by atoms with Crippen molar-refractivity contribution in [1.29, 1.82) is 0 Å². The van der Waals surface area contributed by atoms with Gasteiger partial charge in [-0.1, -0.05) is 42.5 Å². The van der Waals surface area contributed by atoms with Crippen molar-refractivity contribution in [1.82, 2.24) is 10.7 Å². The SMILES string of the molecule is COc1ccc(/C=N\NC(=O)[C@H](CSCc2ccccc2)NC(=O)c2ccccc2Br)c(OC)c1. The first-order chi connectivity index (χ1) is 17.0. The van der Waals surface area contributed by atoms with Gasteiger partial charge in [-0.25, -0.2) is 5.43 Å². The molecule has 3 aromatic carbocycles. The Labute approximate surface area is 217 Å². The molecule has 0 radical (unpaired) electrons. The van der Waals surface area contributed by atoms with E-state index in [2.05, 4.69) is 31.8 Å². The van der Waals surface area contributed by atoms with Gasteiger partial charge in [0.1, 0.15) is 17.5 Å². The zero-order valence-corrected chi connectivity index (χ0v) is 21.8. The highest BCUT2D eigenvalue weighted by molar-refractivity contribution is 9.10. The van der Waals surface area contributed by atoms with Gasteiger partial charge in [-0.2, -0.15) is 16.9 Å². The number of rotatable bonds is 11. The lowest BCUT2D eigenvalue weighted by atomic mass is 10.2. The molecule has 0 fully saturated rings. The molecular formula is C26H26BrN3O4S. The average molecular weight is 556 g/mol. The van der Waals surface area contributed by atoms with Gasteiger partial charge in [0.05, 0.1) is 26.0 Å². The number of hydrogen-bond acceptors (Lipinski definition) is 6. The van der Waals surface area contributed by atoms with E-state index in [1.54, 1.807) is 62.4 Å². The van der Waals surface area contributed by atoms with Crippen LogP contribution in [0.4, 0.5) is 0 Å². The lowest BCUT2D eigenvalue weighted by Crippen LogP contribution is -2.47. The Kier molecular flexibility index (Phi) is 10.2. The van der Waals surface area contributed by atoms with E-state index < -0.39 is 11.9 Å². The molecule has 35 heavy (non-hydrogen) atoms. The third kappa shape index (κ3) is 7.87. The highest BCUT2D eigenvalue weighted by atomic mass is 79.9. The van der Waals surface area contributed by atoms with Crippen LogP contribution in [0.3, 0.4) is 0 Å². The van der Waals surface area contributed by atoms with Crippen LogP contribution in [0.2, 0.25) is 0 Å². The maximum Gasteiger partial charge on any atom is 0.263 e. The summed E-state index contributed by atoms with van der Waals surface area (Å²) in [4.78, 5) is 25.8. The first-order valence-electron chi connectivity index (χ1n) is 10.7. The highest BCUT2D eigenvalue weighted by Gasteiger charge is 2.22. The molecule has 9 heteroatoms. The number of methoxy groups -OCH3 is 2. The Morgan fingerprint density at radius 2 is 1.77 bits per heavy atom. The molecule has 0 aliphatic carbocycles. The molecule has 0 unspecified atom stereocenters. The summed E-state index contributed by atoms with van der Waals surface area (Å²) in [7, 11) is 3.11. The largest absolute Gasteiger partial charge is 0.497 e. The van der Waals surface area contributed by atoms with Crippen molar-refractivity contribution in [3.63, 3.8) is 0 Å². The monoisotopic (exact) mass is 555 g/mol. The summed E-state index contributed by atoms with van der Waals surface area (Å²) in [5.41, 5.74) is 4.79. The van der Waals surface area contributed by atoms with E-state index in [0.29, 0.717) is 38.6 Å². The summed E-state index contributed by atoms with van der Waals surface area (Å²) in [6, 6.07) is 21.5. The van der Waals surface area contributed by atoms with Crippen molar-refractivity contribution < 1.29 is 19.1 Å². The maximum atomic E-state index is 13.0. The quantitative estimate of drug-likeness (QED) is 0.265. The molecule has 3 rings (SSSR count). The van der Waals surface area contributed by atoms with E-state index in [-0.39, 0.29) is 5.91 Å². The Morgan fingerprint density at radius 1 is 1.03 bits per heavy atom. The fraction of sp³-hybridized carbons (Fsp3) is 0.192. The topological polar surface area (TPSA) is 89.0 Å². The first-order valence-corrected chi connectivity index (χ1v) is 12.7. The molecule has 182 valence electrons. The minimum absolute atomic E-state index is 0.348. The van der Waals surface area contributed by atoms with E-state index in [0.717, 1.165) is 5.56 Å². The normalized spacial score (nSPS) is 11.6. The third-order valence-electron chi connectivity index (χ3n) is 4.96. The van der Waals surface area contributed by atoms with E-state index >= 15 is 0 Å². The van der Waals surface area contributed by atoms with Crippen LogP contribution in [0.25, 0.3) is 0 Å². The van der Waals surface area contributed by atoms with Gasteiger partial charge in [0.25, 0.3) is 11.8 Å². The van der Waals surface area contributed by atoms with E-state index in [1.807, 2.05) is 36.4 Å². The van der Waals surface area contributed by atoms with Crippen LogP contribution in [-0.2, 0) is 10.5 Å². The number of nitrogens with zero attached hydrogens (tertiary/aromatic N) is 1. The molecule has 0 aromatic heterocycles. The summed E-state index contributed by atoms with van der Waals surface area (Å²) < 4.78 is 11.2. The summed E-state index contributed by atoms with van der Waals surface area (Å²) in [5.74, 6) is 1.52. The Hall–Kier alpha value is -3.30. The number of hydrogen-bond donors (Lipinski definition) is 2. The number of halogens is 1. The predicted molar refractivity (Wildman–Crippen MR) is 143 cm³/mol. The van der Waals surface area contributed by atoms with Crippen LogP contribution in [0.1, 0.15) is 21.5 Å². The molecular weight excluding hydrogens is 530 g/mol. The van der Waals surface area contributed by atoms with Crippen molar-refractivity contribution in [3.05, 3.63) is 94.0 Å².